The number of benzene rings is 1. The molecule has 100 valence electrons. The van der Waals surface area contributed by atoms with E-state index < -0.39 is 0 Å². The molecule has 1 aromatic carbocycles. The Morgan fingerprint density at radius 1 is 1.33 bits per heavy atom. The Balaban J connectivity index is 2.12. The van der Waals surface area contributed by atoms with Crippen LogP contribution in [0.5, 0.6) is 0 Å². The molecule has 0 spiro atoms. The lowest BCUT2D eigenvalue weighted by Gasteiger charge is -2.05. The fourth-order valence-electron chi connectivity index (χ4n) is 1.37. The summed E-state index contributed by atoms with van der Waals surface area (Å²) in [7, 11) is 1.70. The fraction of sp³-hybridized carbons (Fsp3) is 0.462. The van der Waals surface area contributed by atoms with Crippen LogP contribution in [0.1, 0.15) is 12.8 Å². The third-order valence-corrected chi connectivity index (χ3v) is 3.35. The van der Waals surface area contributed by atoms with Crippen LogP contribution < -0.4 is 11.1 Å². The van der Waals surface area contributed by atoms with Gasteiger partial charge < -0.3 is 15.8 Å². The van der Waals surface area contributed by atoms with Crippen LogP contribution >= 0.6 is 11.8 Å². The van der Waals surface area contributed by atoms with E-state index in [1.54, 1.807) is 43.1 Å². The Labute approximate surface area is 112 Å². The van der Waals surface area contributed by atoms with E-state index in [-0.39, 0.29) is 5.91 Å². The number of amides is 1. The number of carbonyl (C=O) groups excluding carboxylic acids is 1. The first-order valence-electron chi connectivity index (χ1n) is 5.94. The topological polar surface area (TPSA) is 64.3 Å². The summed E-state index contributed by atoms with van der Waals surface area (Å²) in [6.07, 6.45) is 1.43. The molecule has 0 radical (unpaired) electrons. The van der Waals surface area contributed by atoms with E-state index in [0.717, 1.165) is 30.2 Å². The smallest absolute Gasteiger partial charge is 0.224 e. The minimum Gasteiger partial charge on any atom is -0.399 e. The molecule has 0 aromatic heterocycles. The molecule has 3 N–H and O–H groups in total. The van der Waals surface area contributed by atoms with E-state index >= 15 is 0 Å². The summed E-state index contributed by atoms with van der Waals surface area (Å²) < 4.78 is 4.95. The van der Waals surface area contributed by atoms with Gasteiger partial charge in [-0.25, -0.2) is 0 Å². The molecule has 0 fully saturated rings. The zero-order valence-corrected chi connectivity index (χ0v) is 11.5. The summed E-state index contributed by atoms with van der Waals surface area (Å²) in [5.41, 5.74) is 7.06. The van der Waals surface area contributed by atoms with E-state index in [4.69, 9.17) is 10.5 Å². The summed E-state index contributed by atoms with van der Waals surface area (Å²) in [6.45, 7) is 0.766. The molecule has 0 aliphatic carbocycles. The third kappa shape index (κ3) is 6.51. The number of nitrogens with two attached hydrogens (primary N) is 1. The van der Waals surface area contributed by atoms with Gasteiger partial charge in [-0.05, 0) is 36.4 Å². The molecule has 0 aliphatic rings. The van der Waals surface area contributed by atoms with Gasteiger partial charge in [0.2, 0.25) is 5.91 Å². The van der Waals surface area contributed by atoms with E-state index in [0.29, 0.717) is 12.1 Å². The van der Waals surface area contributed by atoms with Gasteiger partial charge in [-0.2, -0.15) is 11.8 Å². The van der Waals surface area contributed by atoms with Crippen molar-refractivity contribution in [3.8, 4) is 0 Å². The lowest BCUT2D eigenvalue weighted by atomic mass is 10.2. The van der Waals surface area contributed by atoms with E-state index in [2.05, 4.69) is 5.32 Å². The van der Waals surface area contributed by atoms with Crippen LogP contribution in [0.25, 0.3) is 0 Å². The van der Waals surface area contributed by atoms with Crippen molar-refractivity contribution in [2.45, 2.75) is 12.8 Å². The van der Waals surface area contributed by atoms with Crippen molar-refractivity contribution in [3.05, 3.63) is 24.3 Å². The van der Waals surface area contributed by atoms with Crippen molar-refractivity contribution in [3.63, 3.8) is 0 Å². The second-order valence-corrected chi connectivity index (χ2v) is 5.10. The number of thioether (sulfide) groups is 1. The molecular formula is C13H20N2O2S. The van der Waals surface area contributed by atoms with Crippen LogP contribution in [0.15, 0.2) is 24.3 Å². The lowest BCUT2D eigenvalue weighted by Crippen LogP contribution is -2.11. The van der Waals surface area contributed by atoms with Crippen molar-refractivity contribution < 1.29 is 9.53 Å². The predicted molar refractivity (Wildman–Crippen MR) is 77.9 cm³/mol. The fourth-order valence-corrected chi connectivity index (χ4v) is 2.21. The summed E-state index contributed by atoms with van der Waals surface area (Å²) in [5, 5.41) is 2.84. The monoisotopic (exact) mass is 268 g/mol. The SMILES string of the molecule is COCCSCCCC(=O)Nc1ccc(N)cc1. The molecule has 1 amide bonds. The lowest BCUT2D eigenvalue weighted by molar-refractivity contribution is -0.116. The molecule has 5 heteroatoms. The van der Waals surface area contributed by atoms with Gasteiger partial charge in [0.15, 0.2) is 0 Å². The number of hydrogen-bond donors (Lipinski definition) is 2. The first kappa shape index (κ1) is 14.9. The Morgan fingerprint density at radius 2 is 2.06 bits per heavy atom. The zero-order valence-electron chi connectivity index (χ0n) is 10.6. The standard InChI is InChI=1S/C13H20N2O2S/c1-17-8-10-18-9-2-3-13(16)15-12-6-4-11(14)5-7-12/h4-7H,2-3,8-10,14H2,1H3,(H,15,16). The van der Waals surface area contributed by atoms with Crippen molar-refractivity contribution in [1.82, 2.24) is 0 Å². The summed E-state index contributed by atoms with van der Waals surface area (Å²) in [4.78, 5) is 11.6. The minimum atomic E-state index is 0.0483. The summed E-state index contributed by atoms with van der Waals surface area (Å²) >= 11 is 1.81. The number of nitrogens with one attached hydrogen (secondary N) is 1. The molecular weight excluding hydrogens is 248 g/mol. The first-order chi connectivity index (χ1) is 8.72. The van der Waals surface area contributed by atoms with E-state index in [1.165, 1.54) is 0 Å². The number of ether oxygens (including phenoxy) is 1. The molecule has 0 saturated heterocycles. The molecule has 0 aliphatic heterocycles. The average molecular weight is 268 g/mol. The number of rotatable bonds is 8. The van der Waals surface area contributed by atoms with Gasteiger partial charge >= 0.3 is 0 Å². The molecule has 0 unspecified atom stereocenters. The van der Waals surface area contributed by atoms with Crippen molar-refractivity contribution in [2.24, 2.45) is 0 Å². The van der Waals surface area contributed by atoms with Crippen LogP contribution in [0.4, 0.5) is 11.4 Å². The predicted octanol–water partition coefficient (Wildman–Crippen LogP) is 2.37. The van der Waals surface area contributed by atoms with Gasteiger partial charge in [-0.15, -0.1) is 0 Å². The van der Waals surface area contributed by atoms with Crippen molar-refractivity contribution >= 4 is 29.0 Å². The first-order valence-corrected chi connectivity index (χ1v) is 7.10. The highest BCUT2D eigenvalue weighted by molar-refractivity contribution is 7.99. The van der Waals surface area contributed by atoms with E-state index in [9.17, 15) is 4.79 Å². The van der Waals surface area contributed by atoms with Crippen molar-refractivity contribution in [2.75, 3.05) is 36.3 Å². The molecule has 1 rings (SSSR count). The van der Waals surface area contributed by atoms with Gasteiger partial charge in [0.1, 0.15) is 0 Å². The van der Waals surface area contributed by atoms with Gasteiger partial charge in [-0.3, -0.25) is 4.79 Å². The Morgan fingerprint density at radius 3 is 2.72 bits per heavy atom. The summed E-state index contributed by atoms with van der Waals surface area (Å²) in [6, 6.07) is 7.16. The van der Waals surface area contributed by atoms with Crippen LogP contribution in [0, 0.1) is 0 Å². The molecule has 0 bridgehead atoms. The van der Waals surface area contributed by atoms with Crippen LogP contribution in [-0.4, -0.2) is 31.1 Å². The quantitative estimate of drug-likeness (QED) is 0.561. The maximum Gasteiger partial charge on any atom is 0.224 e. The second kappa shape index (κ2) is 8.83. The number of carbonyl (C=O) groups is 1. The summed E-state index contributed by atoms with van der Waals surface area (Å²) in [5.74, 6) is 2.02. The molecule has 4 nitrogen and oxygen atoms in total. The van der Waals surface area contributed by atoms with E-state index in [1.807, 2.05) is 0 Å². The molecule has 18 heavy (non-hydrogen) atoms. The maximum absolute atomic E-state index is 11.6. The largest absolute Gasteiger partial charge is 0.399 e. The minimum absolute atomic E-state index is 0.0483. The van der Waals surface area contributed by atoms with Crippen LogP contribution in [0.3, 0.4) is 0 Å². The molecule has 0 heterocycles. The van der Waals surface area contributed by atoms with Gasteiger partial charge in [0, 0.05) is 30.7 Å². The normalized spacial score (nSPS) is 10.3. The molecule has 0 saturated carbocycles. The number of methoxy groups -OCH3 is 1. The average Bonchev–Trinajstić information content (AvgIpc) is 2.36. The molecule has 0 atom stereocenters. The highest BCUT2D eigenvalue weighted by atomic mass is 32.2. The highest BCUT2D eigenvalue weighted by Crippen LogP contribution is 2.11. The number of nitrogen functional groups attached to an aromatic ring is 1. The second-order valence-electron chi connectivity index (χ2n) is 3.88. The Hall–Kier alpha value is -1.20. The Kier molecular flexibility index (Phi) is 7.29. The number of hydrogen-bond acceptors (Lipinski definition) is 4. The Bertz CT molecular complexity index is 355. The molecule has 1 aromatic rings. The van der Waals surface area contributed by atoms with Crippen LogP contribution in [-0.2, 0) is 9.53 Å². The van der Waals surface area contributed by atoms with Gasteiger partial charge in [0.25, 0.3) is 0 Å². The van der Waals surface area contributed by atoms with Gasteiger partial charge in [0.05, 0.1) is 6.61 Å². The highest BCUT2D eigenvalue weighted by Gasteiger charge is 2.01. The van der Waals surface area contributed by atoms with Crippen LogP contribution in [0.2, 0.25) is 0 Å². The maximum atomic E-state index is 11.6. The third-order valence-electron chi connectivity index (χ3n) is 2.32. The van der Waals surface area contributed by atoms with Crippen molar-refractivity contribution in [1.29, 1.82) is 0 Å². The zero-order chi connectivity index (χ0) is 13.2. The number of anilines is 2. The van der Waals surface area contributed by atoms with Gasteiger partial charge in [-0.1, -0.05) is 0 Å².